The van der Waals surface area contributed by atoms with Gasteiger partial charge in [-0.2, -0.15) is 4.31 Å². The van der Waals surface area contributed by atoms with Gasteiger partial charge in [-0.05, 0) is 50.3 Å². The summed E-state index contributed by atoms with van der Waals surface area (Å²) >= 11 is 4.96. The summed E-state index contributed by atoms with van der Waals surface area (Å²) in [6, 6.07) is 5.00. The zero-order valence-corrected chi connectivity index (χ0v) is 14.3. The minimum Gasteiger partial charge on any atom is -0.389 e. The van der Waals surface area contributed by atoms with E-state index in [1.807, 2.05) is 13.8 Å². The van der Waals surface area contributed by atoms with Gasteiger partial charge in [-0.3, -0.25) is 0 Å². The van der Waals surface area contributed by atoms with Gasteiger partial charge in [0.05, 0.1) is 4.90 Å². The molecule has 2 unspecified atom stereocenters. The summed E-state index contributed by atoms with van der Waals surface area (Å²) in [5.74, 6) is 0.396. The quantitative estimate of drug-likeness (QED) is 0.867. The van der Waals surface area contributed by atoms with E-state index in [-0.39, 0.29) is 11.0 Å². The molecule has 4 nitrogen and oxygen atoms in total. The minimum atomic E-state index is -3.46. The first kappa shape index (κ1) is 16.4. The molecule has 21 heavy (non-hydrogen) atoms. The number of sulfonamides is 1. The van der Waals surface area contributed by atoms with Crippen molar-refractivity contribution >= 4 is 27.2 Å². The highest BCUT2D eigenvalue weighted by molar-refractivity contribution is 7.89. The lowest BCUT2D eigenvalue weighted by atomic mass is 9.97. The van der Waals surface area contributed by atoms with E-state index in [2.05, 4.69) is 6.92 Å². The molecule has 2 atom stereocenters. The summed E-state index contributed by atoms with van der Waals surface area (Å²) in [5.41, 5.74) is 7.15. The van der Waals surface area contributed by atoms with Crippen LogP contribution in [0.1, 0.15) is 37.8 Å². The van der Waals surface area contributed by atoms with E-state index < -0.39 is 10.0 Å². The average molecular weight is 326 g/mol. The normalized spacial score (nSPS) is 24.0. The molecule has 1 heterocycles. The molecular weight excluding hydrogens is 304 g/mol. The average Bonchev–Trinajstić information content (AvgIpc) is 2.40. The van der Waals surface area contributed by atoms with Crippen LogP contribution in [0.4, 0.5) is 0 Å². The van der Waals surface area contributed by atoms with Gasteiger partial charge in [0.15, 0.2) is 0 Å². The van der Waals surface area contributed by atoms with Gasteiger partial charge in [0, 0.05) is 18.2 Å². The van der Waals surface area contributed by atoms with Gasteiger partial charge in [-0.1, -0.05) is 25.2 Å². The summed E-state index contributed by atoms with van der Waals surface area (Å²) in [4.78, 5) is 0.609. The van der Waals surface area contributed by atoms with E-state index >= 15 is 0 Å². The topological polar surface area (TPSA) is 63.4 Å². The first-order chi connectivity index (χ1) is 9.73. The second kappa shape index (κ2) is 6.02. The zero-order valence-electron chi connectivity index (χ0n) is 12.7. The SMILES string of the molecule is Cc1cc(S(=O)(=O)N2CC(C)CCC2C)ccc1C(N)=S. The Hall–Kier alpha value is -0.980. The maximum absolute atomic E-state index is 12.8. The minimum absolute atomic E-state index is 0.0433. The number of aryl methyl sites for hydroxylation is 1. The predicted molar refractivity (Wildman–Crippen MR) is 88.8 cm³/mol. The van der Waals surface area contributed by atoms with Crippen molar-refractivity contribution < 1.29 is 8.42 Å². The van der Waals surface area contributed by atoms with Crippen LogP contribution >= 0.6 is 12.2 Å². The van der Waals surface area contributed by atoms with E-state index in [1.54, 1.807) is 22.5 Å². The molecule has 0 aromatic heterocycles. The Balaban J connectivity index is 2.39. The Kier molecular flexibility index (Phi) is 4.70. The zero-order chi connectivity index (χ0) is 15.8. The largest absolute Gasteiger partial charge is 0.389 e. The van der Waals surface area contributed by atoms with E-state index in [1.165, 1.54) is 0 Å². The molecule has 0 bridgehead atoms. The summed E-state index contributed by atoms with van der Waals surface area (Å²) in [6.07, 6.45) is 1.98. The Bertz CT molecular complexity index is 656. The molecule has 2 N–H and O–H groups in total. The molecule has 1 aromatic rings. The summed E-state index contributed by atoms with van der Waals surface area (Å²) in [6.45, 7) is 6.48. The molecule has 1 saturated heterocycles. The number of benzene rings is 1. The fourth-order valence-electron chi connectivity index (χ4n) is 2.79. The highest BCUT2D eigenvalue weighted by Crippen LogP contribution is 2.28. The second-order valence-electron chi connectivity index (χ2n) is 5.95. The van der Waals surface area contributed by atoms with Crippen molar-refractivity contribution in [3.05, 3.63) is 29.3 Å². The summed E-state index contributed by atoms with van der Waals surface area (Å²) < 4.78 is 27.3. The molecule has 6 heteroatoms. The molecule has 1 aromatic carbocycles. The van der Waals surface area contributed by atoms with Crippen LogP contribution in [-0.2, 0) is 10.0 Å². The van der Waals surface area contributed by atoms with Crippen molar-refractivity contribution in [1.29, 1.82) is 0 Å². The van der Waals surface area contributed by atoms with Crippen molar-refractivity contribution in [2.24, 2.45) is 11.7 Å². The molecule has 1 aliphatic heterocycles. The number of hydrogen-bond donors (Lipinski definition) is 1. The molecular formula is C15H22N2O2S2. The van der Waals surface area contributed by atoms with Gasteiger partial charge in [0.1, 0.15) is 4.99 Å². The van der Waals surface area contributed by atoms with Crippen molar-refractivity contribution in [3.8, 4) is 0 Å². The lowest BCUT2D eigenvalue weighted by molar-refractivity contribution is 0.218. The van der Waals surface area contributed by atoms with E-state index in [0.29, 0.717) is 17.4 Å². The van der Waals surface area contributed by atoms with Crippen LogP contribution in [0.5, 0.6) is 0 Å². The fraction of sp³-hybridized carbons (Fsp3) is 0.533. The predicted octanol–water partition coefficient (Wildman–Crippen LogP) is 2.44. The lowest BCUT2D eigenvalue weighted by Gasteiger charge is -2.35. The molecule has 0 radical (unpaired) electrons. The van der Waals surface area contributed by atoms with Crippen molar-refractivity contribution in [3.63, 3.8) is 0 Å². The van der Waals surface area contributed by atoms with Crippen molar-refractivity contribution in [2.75, 3.05) is 6.54 Å². The molecule has 1 fully saturated rings. The lowest BCUT2D eigenvalue weighted by Crippen LogP contribution is -2.44. The first-order valence-electron chi connectivity index (χ1n) is 7.15. The smallest absolute Gasteiger partial charge is 0.243 e. The van der Waals surface area contributed by atoms with Crippen molar-refractivity contribution in [2.45, 2.75) is 44.6 Å². The van der Waals surface area contributed by atoms with Crippen LogP contribution in [0.2, 0.25) is 0 Å². The molecule has 0 amide bonds. The van der Waals surface area contributed by atoms with Crippen LogP contribution in [0.15, 0.2) is 23.1 Å². The van der Waals surface area contributed by atoms with Crippen LogP contribution < -0.4 is 5.73 Å². The van der Waals surface area contributed by atoms with E-state index in [9.17, 15) is 8.42 Å². The highest BCUT2D eigenvalue weighted by Gasteiger charge is 2.33. The number of thiocarbonyl (C=S) groups is 1. The Morgan fingerprint density at radius 3 is 2.57 bits per heavy atom. The number of piperidine rings is 1. The van der Waals surface area contributed by atoms with Crippen molar-refractivity contribution in [1.82, 2.24) is 4.31 Å². The maximum Gasteiger partial charge on any atom is 0.243 e. The molecule has 116 valence electrons. The number of nitrogens with zero attached hydrogens (tertiary/aromatic N) is 1. The number of nitrogens with two attached hydrogens (primary N) is 1. The Morgan fingerprint density at radius 1 is 1.33 bits per heavy atom. The van der Waals surface area contributed by atoms with Crippen LogP contribution in [-0.4, -0.2) is 30.3 Å². The summed E-state index contributed by atoms with van der Waals surface area (Å²) in [7, 11) is -3.46. The third-order valence-corrected chi connectivity index (χ3v) is 6.33. The molecule has 0 spiro atoms. The summed E-state index contributed by atoms with van der Waals surface area (Å²) in [5, 5.41) is 0. The molecule has 1 aliphatic rings. The number of rotatable bonds is 3. The van der Waals surface area contributed by atoms with Crippen LogP contribution in [0, 0.1) is 12.8 Å². The second-order valence-corrected chi connectivity index (χ2v) is 8.28. The van der Waals surface area contributed by atoms with Gasteiger partial charge in [-0.15, -0.1) is 0 Å². The van der Waals surface area contributed by atoms with E-state index in [4.69, 9.17) is 18.0 Å². The van der Waals surface area contributed by atoms with Crippen LogP contribution in [0.3, 0.4) is 0 Å². The van der Waals surface area contributed by atoms with Gasteiger partial charge in [0.25, 0.3) is 0 Å². The molecule has 0 aliphatic carbocycles. The number of hydrogen-bond acceptors (Lipinski definition) is 3. The highest BCUT2D eigenvalue weighted by atomic mass is 32.2. The molecule has 0 saturated carbocycles. The van der Waals surface area contributed by atoms with Crippen LogP contribution in [0.25, 0.3) is 0 Å². The third-order valence-electron chi connectivity index (χ3n) is 4.13. The van der Waals surface area contributed by atoms with Gasteiger partial charge < -0.3 is 5.73 Å². The Labute approximate surface area is 132 Å². The first-order valence-corrected chi connectivity index (χ1v) is 9.00. The van der Waals surface area contributed by atoms with Gasteiger partial charge in [-0.25, -0.2) is 8.42 Å². The van der Waals surface area contributed by atoms with Gasteiger partial charge in [0.2, 0.25) is 10.0 Å². The maximum atomic E-state index is 12.8. The van der Waals surface area contributed by atoms with E-state index in [0.717, 1.165) is 24.0 Å². The fourth-order valence-corrected chi connectivity index (χ4v) is 4.89. The standard InChI is InChI=1S/C15H22N2O2S2/c1-10-4-5-12(3)17(9-10)21(18,19)13-6-7-14(15(16)20)11(2)8-13/h6-8,10,12H,4-5,9H2,1-3H3,(H2,16,20). The monoisotopic (exact) mass is 326 g/mol. The Morgan fingerprint density at radius 2 is 2.00 bits per heavy atom. The third kappa shape index (κ3) is 3.27. The molecule has 2 rings (SSSR count). The van der Waals surface area contributed by atoms with Gasteiger partial charge >= 0.3 is 0 Å².